The van der Waals surface area contributed by atoms with Crippen LogP contribution in [0.1, 0.15) is 47.8 Å². The highest BCUT2D eigenvalue weighted by atomic mass is 32.1. The minimum absolute atomic E-state index is 0.0196. The van der Waals surface area contributed by atoms with E-state index in [1.807, 2.05) is 6.92 Å². The number of nitrogens with zero attached hydrogens (tertiary/aromatic N) is 4. The Morgan fingerprint density at radius 2 is 2.33 bits per heavy atom. The Morgan fingerprint density at radius 1 is 1.48 bits per heavy atom. The molecule has 112 valence electrons. The maximum absolute atomic E-state index is 12.0. The first kappa shape index (κ1) is 14.2. The third-order valence-electron chi connectivity index (χ3n) is 3.64. The summed E-state index contributed by atoms with van der Waals surface area (Å²) < 4.78 is 1.66. The van der Waals surface area contributed by atoms with E-state index in [0.29, 0.717) is 13.0 Å². The van der Waals surface area contributed by atoms with Gasteiger partial charge in [-0.1, -0.05) is 0 Å². The number of hydrogen-bond donors (Lipinski definition) is 1. The highest BCUT2D eigenvalue weighted by Crippen LogP contribution is 2.29. The number of aryl methyl sites for hydroxylation is 3. The van der Waals surface area contributed by atoms with Gasteiger partial charge in [0.15, 0.2) is 0 Å². The largest absolute Gasteiger partial charge is 0.347 e. The lowest BCUT2D eigenvalue weighted by atomic mass is 10.0. The summed E-state index contributed by atoms with van der Waals surface area (Å²) in [7, 11) is 0. The Bertz CT molecular complexity index is 583. The maximum atomic E-state index is 12.0. The first-order chi connectivity index (χ1) is 10.2. The molecule has 2 aromatic rings. The number of amides is 1. The summed E-state index contributed by atoms with van der Waals surface area (Å²) in [6.07, 6.45) is 8.20. The van der Waals surface area contributed by atoms with Crippen molar-refractivity contribution >= 4 is 17.2 Å². The van der Waals surface area contributed by atoms with Gasteiger partial charge in [0, 0.05) is 11.3 Å². The molecule has 0 aromatic carbocycles. The van der Waals surface area contributed by atoms with E-state index in [1.54, 1.807) is 22.3 Å². The lowest BCUT2D eigenvalue weighted by molar-refractivity contribution is -0.122. The quantitative estimate of drug-likeness (QED) is 0.915. The smallest absolute Gasteiger partial charge is 0.222 e. The fourth-order valence-corrected chi connectivity index (χ4v) is 3.65. The third kappa shape index (κ3) is 3.47. The molecule has 0 unspecified atom stereocenters. The average Bonchev–Trinajstić information content (AvgIpc) is 3.14. The summed E-state index contributed by atoms with van der Waals surface area (Å²) in [4.78, 5) is 21.9. The van der Waals surface area contributed by atoms with Crippen molar-refractivity contribution in [2.45, 2.75) is 51.6 Å². The molecule has 1 amide bonds. The van der Waals surface area contributed by atoms with Gasteiger partial charge in [-0.3, -0.25) is 9.48 Å². The van der Waals surface area contributed by atoms with E-state index < -0.39 is 0 Å². The molecule has 7 heteroatoms. The van der Waals surface area contributed by atoms with Gasteiger partial charge in [0.1, 0.15) is 17.7 Å². The fraction of sp³-hybridized carbons (Fsp3) is 0.571. The second-order valence-corrected chi connectivity index (χ2v) is 6.44. The number of carbonyl (C=O) groups is 1. The molecule has 0 radical (unpaired) electrons. The summed E-state index contributed by atoms with van der Waals surface area (Å²) >= 11 is 1.75. The molecule has 1 aliphatic rings. The molecule has 0 saturated carbocycles. The minimum atomic E-state index is -0.0242. The van der Waals surface area contributed by atoms with Gasteiger partial charge < -0.3 is 5.32 Å². The summed E-state index contributed by atoms with van der Waals surface area (Å²) in [6, 6.07) is -0.0242. The van der Waals surface area contributed by atoms with Gasteiger partial charge in [-0.05, 0) is 32.6 Å². The summed E-state index contributed by atoms with van der Waals surface area (Å²) in [6.45, 7) is 2.55. The highest BCUT2D eigenvalue weighted by molar-refractivity contribution is 7.11. The van der Waals surface area contributed by atoms with E-state index in [0.717, 1.165) is 17.8 Å². The molecule has 6 nitrogen and oxygen atoms in total. The second kappa shape index (κ2) is 6.34. The first-order valence-electron chi connectivity index (χ1n) is 7.32. The maximum Gasteiger partial charge on any atom is 0.222 e. The fourth-order valence-electron chi connectivity index (χ4n) is 2.50. The Balaban J connectivity index is 1.54. The lowest BCUT2D eigenvalue weighted by Gasteiger charge is -2.11. The standard InChI is InChI=1S/C14H19N5OS/c1-10(14-18-11-4-2-3-5-12(11)21-14)17-13(20)6-7-19-9-15-8-16-19/h8-10H,2-7H2,1H3,(H,17,20)/t10-/m0/s1. The highest BCUT2D eigenvalue weighted by Gasteiger charge is 2.19. The van der Waals surface area contributed by atoms with Crippen LogP contribution in [0.4, 0.5) is 0 Å². The molecule has 1 aliphatic carbocycles. The molecule has 21 heavy (non-hydrogen) atoms. The lowest BCUT2D eigenvalue weighted by Crippen LogP contribution is -2.27. The van der Waals surface area contributed by atoms with Gasteiger partial charge in [0.05, 0.1) is 18.3 Å². The zero-order valence-electron chi connectivity index (χ0n) is 12.1. The van der Waals surface area contributed by atoms with E-state index in [-0.39, 0.29) is 11.9 Å². The Morgan fingerprint density at radius 3 is 3.10 bits per heavy atom. The van der Waals surface area contributed by atoms with Crippen molar-refractivity contribution in [1.82, 2.24) is 25.1 Å². The van der Waals surface area contributed by atoms with E-state index >= 15 is 0 Å². The normalized spacial score (nSPS) is 15.5. The van der Waals surface area contributed by atoms with Crippen LogP contribution >= 0.6 is 11.3 Å². The third-order valence-corrected chi connectivity index (χ3v) is 4.98. The Hall–Kier alpha value is -1.76. The molecule has 0 aliphatic heterocycles. The van der Waals surface area contributed by atoms with Crippen LogP contribution in [0.3, 0.4) is 0 Å². The Kier molecular flexibility index (Phi) is 4.28. The van der Waals surface area contributed by atoms with Crippen LogP contribution in [0.2, 0.25) is 0 Å². The summed E-state index contributed by atoms with van der Waals surface area (Å²) in [5, 5.41) is 8.02. The van der Waals surface area contributed by atoms with Gasteiger partial charge in [-0.2, -0.15) is 5.10 Å². The van der Waals surface area contributed by atoms with Crippen molar-refractivity contribution < 1.29 is 4.79 Å². The van der Waals surface area contributed by atoms with Gasteiger partial charge >= 0.3 is 0 Å². The number of nitrogens with one attached hydrogen (secondary N) is 1. The molecule has 3 rings (SSSR count). The molecule has 0 spiro atoms. The van der Waals surface area contributed by atoms with Crippen LogP contribution in [-0.2, 0) is 24.2 Å². The zero-order valence-corrected chi connectivity index (χ0v) is 12.9. The van der Waals surface area contributed by atoms with Gasteiger partial charge in [0.25, 0.3) is 0 Å². The Labute approximate surface area is 127 Å². The molecule has 0 fully saturated rings. The van der Waals surface area contributed by atoms with Crippen LogP contribution < -0.4 is 5.32 Å². The minimum Gasteiger partial charge on any atom is -0.347 e. The monoisotopic (exact) mass is 305 g/mol. The van der Waals surface area contributed by atoms with E-state index in [4.69, 9.17) is 4.98 Å². The number of thiazole rings is 1. The van der Waals surface area contributed by atoms with Crippen LogP contribution in [0.5, 0.6) is 0 Å². The van der Waals surface area contributed by atoms with Crippen molar-refractivity contribution in [2.75, 3.05) is 0 Å². The number of rotatable bonds is 5. The molecular weight excluding hydrogens is 286 g/mol. The second-order valence-electron chi connectivity index (χ2n) is 5.33. The van der Waals surface area contributed by atoms with E-state index in [2.05, 4.69) is 15.4 Å². The molecule has 0 bridgehead atoms. The van der Waals surface area contributed by atoms with Gasteiger partial charge in [-0.15, -0.1) is 11.3 Å². The van der Waals surface area contributed by atoms with E-state index in [9.17, 15) is 4.79 Å². The van der Waals surface area contributed by atoms with Crippen LogP contribution in [0, 0.1) is 0 Å². The van der Waals surface area contributed by atoms with Crippen molar-refractivity contribution in [1.29, 1.82) is 0 Å². The van der Waals surface area contributed by atoms with E-state index in [1.165, 1.54) is 29.7 Å². The predicted molar refractivity (Wildman–Crippen MR) is 80.0 cm³/mol. The topological polar surface area (TPSA) is 72.7 Å². The number of hydrogen-bond acceptors (Lipinski definition) is 5. The summed E-state index contributed by atoms with van der Waals surface area (Å²) in [5.41, 5.74) is 1.24. The molecule has 1 N–H and O–H groups in total. The SMILES string of the molecule is C[C@H](NC(=O)CCn1cncn1)c1nc2c(s1)CCCC2. The van der Waals surface area contributed by atoms with Crippen molar-refractivity contribution in [2.24, 2.45) is 0 Å². The summed E-state index contributed by atoms with van der Waals surface area (Å²) in [5.74, 6) is 0.0196. The molecule has 0 saturated heterocycles. The van der Waals surface area contributed by atoms with Gasteiger partial charge in [-0.25, -0.2) is 9.97 Å². The molecule has 1 atom stereocenters. The van der Waals surface area contributed by atoms with Crippen LogP contribution in [-0.4, -0.2) is 25.7 Å². The average molecular weight is 305 g/mol. The van der Waals surface area contributed by atoms with Crippen molar-refractivity contribution in [3.8, 4) is 0 Å². The number of fused-ring (bicyclic) bond motifs is 1. The van der Waals surface area contributed by atoms with Crippen molar-refractivity contribution in [3.05, 3.63) is 28.2 Å². The molecular formula is C14H19N5OS. The zero-order chi connectivity index (χ0) is 14.7. The van der Waals surface area contributed by atoms with Gasteiger partial charge in [0.2, 0.25) is 5.91 Å². The first-order valence-corrected chi connectivity index (χ1v) is 8.14. The predicted octanol–water partition coefficient (Wildman–Crippen LogP) is 1.88. The number of aromatic nitrogens is 4. The van der Waals surface area contributed by atoms with Crippen LogP contribution in [0.15, 0.2) is 12.7 Å². The molecule has 2 aromatic heterocycles. The number of carbonyl (C=O) groups excluding carboxylic acids is 1. The van der Waals surface area contributed by atoms with Crippen molar-refractivity contribution in [3.63, 3.8) is 0 Å². The molecule has 2 heterocycles. The van der Waals surface area contributed by atoms with Crippen LogP contribution in [0.25, 0.3) is 0 Å².